The molecule has 3 aromatic carbocycles. The van der Waals surface area contributed by atoms with E-state index in [9.17, 15) is 14.4 Å². The van der Waals surface area contributed by atoms with Crippen LogP contribution in [0.5, 0.6) is 5.75 Å². The summed E-state index contributed by atoms with van der Waals surface area (Å²) in [6.07, 6.45) is -0.0511. The summed E-state index contributed by atoms with van der Waals surface area (Å²) in [5.41, 5.74) is 7.67. The number of carbonyl (C=O) groups is 3. The molecule has 0 heterocycles. The van der Waals surface area contributed by atoms with Gasteiger partial charge in [-0.2, -0.15) is 0 Å². The first-order valence-corrected chi connectivity index (χ1v) is 11.1. The summed E-state index contributed by atoms with van der Waals surface area (Å²) in [7, 11) is 0. The van der Waals surface area contributed by atoms with Crippen molar-refractivity contribution in [2.24, 2.45) is 0 Å². The van der Waals surface area contributed by atoms with Gasteiger partial charge in [0.15, 0.2) is 11.7 Å². The zero-order valence-corrected chi connectivity index (χ0v) is 19.8. The Hall–Kier alpha value is -3.98. The van der Waals surface area contributed by atoms with Crippen molar-refractivity contribution in [1.29, 1.82) is 0 Å². The van der Waals surface area contributed by atoms with Gasteiger partial charge in [-0.05, 0) is 72.2 Å². The Labute approximate surface area is 203 Å². The van der Waals surface area contributed by atoms with E-state index in [0.717, 1.165) is 21.9 Å². The molecule has 0 spiro atoms. The highest BCUT2D eigenvalue weighted by Gasteiger charge is 2.10. The molecule has 9 heteroatoms. The maximum Gasteiger partial charge on any atom is 0.264 e. The quantitative estimate of drug-likeness (QED) is 0.307. The number of hydrogen-bond donors (Lipinski definition) is 4. The van der Waals surface area contributed by atoms with E-state index < -0.39 is 11.8 Å². The fraction of sp³-hybridized carbons (Fsp3) is 0.200. The van der Waals surface area contributed by atoms with Gasteiger partial charge in [0.1, 0.15) is 5.75 Å². The standard InChI is InChI=1S/C25H26N4O4S/c1-16-7-9-20(13-17(16)2)26-22(30)11-12-23(31)28-29-25(34)27-24(32)15-33-21-10-8-18-5-3-4-6-19(18)14-21/h3-10,13-14H,11-12,15H2,1-2H3,(H,26,30)(H,28,31)(H2,27,29,32,34). The van der Waals surface area contributed by atoms with Crippen molar-refractivity contribution in [3.63, 3.8) is 0 Å². The molecule has 4 N–H and O–H groups in total. The van der Waals surface area contributed by atoms with E-state index in [1.54, 1.807) is 6.07 Å². The van der Waals surface area contributed by atoms with E-state index in [2.05, 4.69) is 21.5 Å². The SMILES string of the molecule is Cc1ccc(NC(=O)CCC(=O)NNC(=S)NC(=O)COc2ccc3ccccc3c2)cc1C. The van der Waals surface area contributed by atoms with Gasteiger partial charge in [-0.3, -0.25) is 30.6 Å². The average Bonchev–Trinajstić information content (AvgIpc) is 2.82. The second-order valence-corrected chi connectivity index (χ2v) is 8.10. The summed E-state index contributed by atoms with van der Waals surface area (Å²) < 4.78 is 5.50. The van der Waals surface area contributed by atoms with Gasteiger partial charge < -0.3 is 10.1 Å². The van der Waals surface area contributed by atoms with Crippen molar-refractivity contribution in [3.8, 4) is 5.75 Å². The van der Waals surface area contributed by atoms with Crippen molar-refractivity contribution in [2.75, 3.05) is 11.9 Å². The van der Waals surface area contributed by atoms with Crippen LogP contribution >= 0.6 is 12.2 Å². The zero-order valence-electron chi connectivity index (χ0n) is 18.9. The first-order chi connectivity index (χ1) is 16.3. The van der Waals surface area contributed by atoms with E-state index in [4.69, 9.17) is 17.0 Å². The molecule has 0 radical (unpaired) electrons. The summed E-state index contributed by atoms with van der Waals surface area (Å²) in [6, 6.07) is 19.0. The highest BCUT2D eigenvalue weighted by molar-refractivity contribution is 7.80. The number of carbonyl (C=O) groups excluding carboxylic acids is 3. The lowest BCUT2D eigenvalue weighted by Crippen LogP contribution is -2.49. The molecule has 0 bridgehead atoms. The molecular weight excluding hydrogens is 452 g/mol. The van der Waals surface area contributed by atoms with Gasteiger partial charge in [0.05, 0.1) is 0 Å². The van der Waals surface area contributed by atoms with E-state index in [0.29, 0.717) is 11.4 Å². The number of nitrogens with one attached hydrogen (secondary N) is 4. The Morgan fingerprint density at radius 2 is 1.53 bits per heavy atom. The molecule has 34 heavy (non-hydrogen) atoms. The van der Waals surface area contributed by atoms with E-state index in [1.807, 2.05) is 68.4 Å². The molecule has 0 saturated heterocycles. The molecular formula is C25H26N4O4S. The first-order valence-electron chi connectivity index (χ1n) is 10.7. The zero-order chi connectivity index (χ0) is 24.5. The Morgan fingerprint density at radius 1 is 0.794 bits per heavy atom. The molecule has 0 aromatic heterocycles. The lowest BCUT2D eigenvalue weighted by atomic mass is 10.1. The number of amides is 3. The van der Waals surface area contributed by atoms with E-state index in [-0.39, 0.29) is 30.5 Å². The van der Waals surface area contributed by atoms with Gasteiger partial charge in [-0.1, -0.05) is 36.4 Å². The van der Waals surface area contributed by atoms with Crippen molar-refractivity contribution >= 4 is 51.5 Å². The maximum absolute atomic E-state index is 12.0. The van der Waals surface area contributed by atoms with Gasteiger partial charge in [0.25, 0.3) is 5.91 Å². The molecule has 176 valence electrons. The van der Waals surface area contributed by atoms with Crippen LogP contribution in [-0.4, -0.2) is 29.4 Å². The highest BCUT2D eigenvalue weighted by atomic mass is 32.1. The summed E-state index contributed by atoms with van der Waals surface area (Å²) in [5, 5.41) is 7.16. The molecule has 0 aliphatic carbocycles. The van der Waals surface area contributed by atoms with Crippen LogP contribution < -0.4 is 26.2 Å². The molecule has 0 unspecified atom stereocenters. The number of hydrazine groups is 1. The Morgan fingerprint density at radius 3 is 2.29 bits per heavy atom. The molecule has 3 aromatic rings. The first kappa shape index (κ1) is 24.7. The molecule has 3 rings (SSSR count). The van der Waals surface area contributed by atoms with E-state index in [1.165, 1.54) is 0 Å². The van der Waals surface area contributed by atoms with Gasteiger partial charge in [0, 0.05) is 18.5 Å². The number of ether oxygens (including phenoxy) is 1. The number of thiocarbonyl (C=S) groups is 1. The lowest BCUT2D eigenvalue weighted by molar-refractivity contribution is -0.125. The molecule has 0 saturated carbocycles. The van der Waals surface area contributed by atoms with Crippen molar-refractivity contribution in [3.05, 3.63) is 71.8 Å². The van der Waals surface area contributed by atoms with Crippen LogP contribution in [0.15, 0.2) is 60.7 Å². The Balaban J connectivity index is 1.33. The second kappa shape index (κ2) is 11.8. The molecule has 0 aliphatic heterocycles. The van der Waals surface area contributed by atoms with Crippen LogP contribution in [0.25, 0.3) is 10.8 Å². The van der Waals surface area contributed by atoms with E-state index >= 15 is 0 Å². The third-order valence-corrected chi connectivity index (χ3v) is 5.23. The van der Waals surface area contributed by atoms with Crippen LogP contribution in [-0.2, 0) is 14.4 Å². The monoisotopic (exact) mass is 478 g/mol. The number of fused-ring (bicyclic) bond motifs is 1. The topological polar surface area (TPSA) is 109 Å². The maximum atomic E-state index is 12.0. The van der Waals surface area contributed by atoms with Crippen molar-refractivity contribution in [2.45, 2.75) is 26.7 Å². The van der Waals surface area contributed by atoms with Crippen LogP contribution in [0, 0.1) is 13.8 Å². The van der Waals surface area contributed by atoms with Crippen LogP contribution in [0.1, 0.15) is 24.0 Å². The van der Waals surface area contributed by atoms with Gasteiger partial charge in [-0.25, -0.2) is 0 Å². The minimum atomic E-state index is -0.479. The summed E-state index contributed by atoms with van der Waals surface area (Å²) in [6.45, 7) is 3.71. The van der Waals surface area contributed by atoms with Crippen LogP contribution in [0.4, 0.5) is 5.69 Å². The van der Waals surface area contributed by atoms with Gasteiger partial charge in [-0.15, -0.1) is 0 Å². The molecule has 0 fully saturated rings. The smallest absolute Gasteiger partial charge is 0.264 e. The fourth-order valence-corrected chi connectivity index (χ4v) is 3.22. The average molecular weight is 479 g/mol. The minimum absolute atomic E-state index is 0.000837. The number of rotatable bonds is 7. The number of benzene rings is 3. The van der Waals surface area contributed by atoms with Crippen LogP contribution in [0.2, 0.25) is 0 Å². The Kier molecular flexibility index (Phi) is 8.53. The number of aryl methyl sites for hydroxylation is 2. The Bertz CT molecular complexity index is 1230. The van der Waals surface area contributed by atoms with Gasteiger partial charge in [0.2, 0.25) is 11.8 Å². The third kappa shape index (κ3) is 7.56. The predicted octanol–water partition coefficient (Wildman–Crippen LogP) is 3.28. The summed E-state index contributed by atoms with van der Waals surface area (Å²) >= 11 is 5.00. The number of hydrogen-bond acceptors (Lipinski definition) is 5. The van der Waals surface area contributed by atoms with Gasteiger partial charge >= 0.3 is 0 Å². The highest BCUT2D eigenvalue weighted by Crippen LogP contribution is 2.20. The minimum Gasteiger partial charge on any atom is -0.484 e. The van der Waals surface area contributed by atoms with Crippen LogP contribution in [0.3, 0.4) is 0 Å². The molecule has 8 nitrogen and oxygen atoms in total. The second-order valence-electron chi connectivity index (χ2n) is 7.70. The molecule has 3 amide bonds. The van der Waals surface area contributed by atoms with Crippen molar-refractivity contribution < 1.29 is 19.1 Å². The summed E-state index contributed by atoms with van der Waals surface area (Å²) in [4.78, 5) is 36.0. The third-order valence-electron chi connectivity index (χ3n) is 5.03. The molecule has 0 aliphatic rings. The largest absolute Gasteiger partial charge is 0.484 e. The van der Waals surface area contributed by atoms with Crippen molar-refractivity contribution in [1.82, 2.24) is 16.2 Å². The fourth-order valence-electron chi connectivity index (χ4n) is 3.06. The lowest BCUT2D eigenvalue weighted by Gasteiger charge is -2.12. The predicted molar refractivity (Wildman–Crippen MR) is 135 cm³/mol. The normalized spacial score (nSPS) is 10.3. The number of anilines is 1. The molecule has 0 atom stereocenters. The summed E-state index contributed by atoms with van der Waals surface area (Å²) in [5.74, 6) is -0.646.